The van der Waals surface area contributed by atoms with Gasteiger partial charge in [0.1, 0.15) is 11.6 Å². The molecule has 1 heterocycles. The fourth-order valence-electron chi connectivity index (χ4n) is 2.17. The minimum absolute atomic E-state index is 0.250. The number of nitrogens with zero attached hydrogens (tertiary/aromatic N) is 2. The van der Waals surface area contributed by atoms with Crippen molar-refractivity contribution in [2.45, 2.75) is 32.4 Å². The lowest BCUT2D eigenvalue weighted by Crippen LogP contribution is -2.39. The third-order valence-corrected chi connectivity index (χ3v) is 3.65. The summed E-state index contributed by atoms with van der Waals surface area (Å²) in [5, 5.41) is 0. The molecule has 1 atom stereocenters. The van der Waals surface area contributed by atoms with Gasteiger partial charge in [-0.15, -0.1) is 0 Å². The average Bonchev–Trinajstić information content (AvgIpc) is 2.88. The molecule has 0 aliphatic rings. The molecule has 0 bridgehead atoms. The third-order valence-electron chi connectivity index (χ3n) is 3.16. The summed E-state index contributed by atoms with van der Waals surface area (Å²) >= 11 is 3.35. The van der Waals surface area contributed by atoms with E-state index in [0.717, 1.165) is 16.7 Å². The lowest BCUT2D eigenvalue weighted by Gasteiger charge is -2.27. The molecule has 0 fully saturated rings. The van der Waals surface area contributed by atoms with E-state index >= 15 is 0 Å². The monoisotopic (exact) mass is 369 g/mol. The number of rotatable bonds is 4. The zero-order chi connectivity index (χ0) is 16.8. The predicted molar refractivity (Wildman–Crippen MR) is 82.3 cm³/mol. The highest BCUT2D eigenvalue weighted by Crippen LogP contribution is 2.26. The van der Waals surface area contributed by atoms with Gasteiger partial charge >= 0.3 is 6.15 Å². The van der Waals surface area contributed by atoms with Crippen molar-refractivity contribution < 1.29 is 14.0 Å². The predicted octanol–water partition coefficient (Wildman–Crippen LogP) is 2.64. The lowest BCUT2D eigenvalue weighted by atomic mass is 9.92. The molecule has 0 radical (unpaired) electrons. The maximum atomic E-state index is 14.0. The average molecular weight is 370 g/mol. The topological polar surface area (TPSA) is 78.0 Å². The van der Waals surface area contributed by atoms with Gasteiger partial charge in [-0.05, 0) is 25.1 Å². The van der Waals surface area contributed by atoms with E-state index in [4.69, 9.17) is 15.3 Å². The van der Waals surface area contributed by atoms with E-state index in [1.54, 1.807) is 18.3 Å². The summed E-state index contributed by atoms with van der Waals surface area (Å²) in [6.07, 6.45) is 4.69. The maximum Gasteiger partial charge on any atom is 0.373 e. The van der Waals surface area contributed by atoms with Crippen LogP contribution in [0.2, 0.25) is 0 Å². The van der Waals surface area contributed by atoms with Gasteiger partial charge in [0.25, 0.3) is 0 Å². The first-order valence-electron chi connectivity index (χ1n) is 6.59. The molecule has 0 amide bonds. The van der Waals surface area contributed by atoms with Crippen LogP contribution >= 0.6 is 15.9 Å². The number of benzene rings is 1. The van der Waals surface area contributed by atoms with E-state index in [1.807, 2.05) is 24.6 Å². The van der Waals surface area contributed by atoms with Gasteiger partial charge in [-0.3, -0.25) is 0 Å². The van der Waals surface area contributed by atoms with E-state index < -0.39 is 5.54 Å². The Labute approximate surface area is 136 Å². The number of nitrogens with two attached hydrogens (primary N) is 1. The van der Waals surface area contributed by atoms with Crippen LogP contribution in [0, 0.1) is 5.82 Å². The first-order valence-corrected chi connectivity index (χ1v) is 7.38. The van der Waals surface area contributed by atoms with Gasteiger partial charge in [-0.2, -0.15) is 9.59 Å². The fourth-order valence-corrected chi connectivity index (χ4v) is 2.53. The second kappa shape index (κ2) is 7.98. The molecule has 0 saturated heterocycles. The Morgan fingerprint density at radius 2 is 2.09 bits per heavy atom. The fraction of sp³-hybridized carbons (Fsp3) is 0.333. The summed E-state index contributed by atoms with van der Waals surface area (Å²) in [5.41, 5.74) is 6.02. The van der Waals surface area contributed by atoms with Crippen molar-refractivity contribution in [3.8, 4) is 0 Å². The number of halogens is 2. The minimum atomic E-state index is -0.793. The van der Waals surface area contributed by atoms with Crippen LogP contribution in [0.4, 0.5) is 4.39 Å². The van der Waals surface area contributed by atoms with Gasteiger partial charge in [-0.1, -0.05) is 22.9 Å². The van der Waals surface area contributed by atoms with Crippen LogP contribution in [-0.4, -0.2) is 15.7 Å². The number of carbonyl (C=O) groups excluding carboxylic acids is 2. The van der Waals surface area contributed by atoms with Gasteiger partial charge in [0, 0.05) is 35.4 Å². The molecule has 7 heteroatoms. The number of hydrogen-bond donors (Lipinski definition) is 1. The van der Waals surface area contributed by atoms with Gasteiger partial charge in [0.05, 0.1) is 5.54 Å². The number of aryl methyl sites for hydroxylation is 1. The van der Waals surface area contributed by atoms with Crippen LogP contribution in [0.3, 0.4) is 0 Å². The number of aromatic nitrogens is 2. The highest BCUT2D eigenvalue weighted by atomic mass is 79.9. The van der Waals surface area contributed by atoms with Gasteiger partial charge in [0.2, 0.25) is 0 Å². The summed E-state index contributed by atoms with van der Waals surface area (Å²) in [6.45, 7) is 4.35. The van der Waals surface area contributed by atoms with Gasteiger partial charge in [0.15, 0.2) is 0 Å². The van der Waals surface area contributed by atoms with Crippen molar-refractivity contribution in [2.75, 3.05) is 0 Å². The highest BCUT2D eigenvalue weighted by molar-refractivity contribution is 9.10. The molecule has 0 aliphatic heterocycles. The van der Waals surface area contributed by atoms with Crippen LogP contribution in [0.15, 0.2) is 35.1 Å². The Morgan fingerprint density at radius 1 is 1.45 bits per heavy atom. The highest BCUT2D eigenvalue weighted by Gasteiger charge is 2.26. The van der Waals surface area contributed by atoms with Crippen molar-refractivity contribution in [3.05, 3.63) is 52.3 Å². The Hall–Kier alpha value is -1.82. The van der Waals surface area contributed by atoms with E-state index in [2.05, 4.69) is 20.9 Å². The van der Waals surface area contributed by atoms with Crippen molar-refractivity contribution in [3.63, 3.8) is 0 Å². The second-order valence-electron chi connectivity index (χ2n) is 4.95. The van der Waals surface area contributed by atoms with E-state index in [9.17, 15) is 4.39 Å². The third kappa shape index (κ3) is 4.59. The quantitative estimate of drug-likeness (QED) is 0.898. The molecule has 1 aromatic carbocycles. The summed E-state index contributed by atoms with van der Waals surface area (Å²) in [4.78, 5) is 20.5. The minimum Gasteiger partial charge on any atom is -0.333 e. The Morgan fingerprint density at radius 3 is 2.68 bits per heavy atom. The molecule has 0 spiro atoms. The summed E-state index contributed by atoms with van der Waals surface area (Å²) in [5.74, 6) is 0.665. The smallest absolute Gasteiger partial charge is 0.333 e. The molecule has 1 aromatic heterocycles. The van der Waals surface area contributed by atoms with Gasteiger partial charge in [-0.25, -0.2) is 9.37 Å². The molecular weight excluding hydrogens is 353 g/mol. The van der Waals surface area contributed by atoms with Crippen molar-refractivity contribution in [1.82, 2.24) is 9.55 Å². The normalized spacial score (nSPS) is 12.8. The maximum absolute atomic E-state index is 14.0. The van der Waals surface area contributed by atoms with E-state index in [-0.39, 0.29) is 12.0 Å². The van der Waals surface area contributed by atoms with Gasteiger partial charge < -0.3 is 10.3 Å². The first kappa shape index (κ1) is 18.2. The SMILES string of the molecule is CCc1nccn1CC(C)(N)c1cc(Br)ccc1F.O=C=O. The van der Waals surface area contributed by atoms with Crippen molar-refractivity contribution in [2.24, 2.45) is 5.73 Å². The molecule has 22 heavy (non-hydrogen) atoms. The Balaban J connectivity index is 0.000000745. The first-order chi connectivity index (χ1) is 10.4. The van der Waals surface area contributed by atoms with Crippen LogP contribution in [0.5, 0.6) is 0 Å². The largest absolute Gasteiger partial charge is 0.373 e. The van der Waals surface area contributed by atoms with Crippen molar-refractivity contribution >= 4 is 22.1 Å². The molecule has 2 aromatic rings. The molecule has 0 aliphatic carbocycles. The molecule has 118 valence electrons. The Bertz CT molecular complexity index is 665. The Kier molecular flexibility index (Phi) is 6.61. The number of imidazole rings is 1. The molecule has 2 rings (SSSR count). The van der Waals surface area contributed by atoms with E-state index in [0.29, 0.717) is 12.1 Å². The van der Waals surface area contributed by atoms with Crippen LogP contribution in [0.1, 0.15) is 25.2 Å². The summed E-state index contributed by atoms with van der Waals surface area (Å²) < 4.78 is 16.7. The molecule has 1 unspecified atom stereocenters. The lowest BCUT2D eigenvalue weighted by molar-refractivity contribution is -0.191. The zero-order valence-corrected chi connectivity index (χ0v) is 13.9. The van der Waals surface area contributed by atoms with Crippen LogP contribution in [0.25, 0.3) is 0 Å². The number of hydrogen-bond acceptors (Lipinski definition) is 4. The zero-order valence-electron chi connectivity index (χ0n) is 12.3. The van der Waals surface area contributed by atoms with Crippen molar-refractivity contribution in [1.29, 1.82) is 0 Å². The summed E-state index contributed by atoms with van der Waals surface area (Å²) in [7, 11) is 0. The molecule has 2 N–H and O–H groups in total. The van der Waals surface area contributed by atoms with E-state index in [1.165, 1.54) is 6.07 Å². The molecule has 5 nitrogen and oxygen atoms in total. The van der Waals surface area contributed by atoms with Crippen LogP contribution in [-0.2, 0) is 28.1 Å². The molecule has 0 saturated carbocycles. The second-order valence-corrected chi connectivity index (χ2v) is 5.87. The van der Waals surface area contributed by atoms with Crippen LogP contribution < -0.4 is 5.73 Å². The molecular formula is C15H17BrFN3O2. The standard InChI is InChI=1S/C14H17BrFN3.CO2/c1-3-13-18-6-7-19(13)9-14(2,17)11-8-10(15)4-5-12(11)16;2-1-3/h4-8H,3,9,17H2,1-2H3;. The summed E-state index contributed by atoms with van der Waals surface area (Å²) in [6, 6.07) is 4.83.